The van der Waals surface area contributed by atoms with Crippen LogP contribution in [0.5, 0.6) is 5.75 Å². The van der Waals surface area contributed by atoms with Gasteiger partial charge in [0, 0.05) is 11.6 Å². The lowest BCUT2D eigenvalue weighted by molar-refractivity contribution is 0.171. The molecule has 1 aromatic carbocycles. The van der Waals surface area contributed by atoms with Crippen LogP contribution in [0, 0.1) is 12.8 Å². The summed E-state index contributed by atoms with van der Waals surface area (Å²) >= 11 is 3.48. The van der Waals surface area contributed by atoms with E-state index in [0.29, 0.717) is 12.5 Å². The van der Waals surface area contributed by atoms with Crippen molar-refractivity contribution in [3.05, 3.63) is 22.2 Å². The first-order valence-electron chi connectivity index (χ1n) is 6.09. The molecule has 0 aliphatic heterocycles. The molecule has 1 N–H and O–H groups in total. The highest BCUT2D eigenvalue weighted by Gasteiger charge is 2.17. The van der Waals surface area contributed by atoms with E-state index in [4.69, 9.17) is 9.47 Å². The van der Waals surface area contributed by atoms with Gasteiger partial charge in [0.05, 0.1) is 25.4 Å². The van der Waals surface area contributed by atoms with Gasteiger partial charge in [-0.2, -0.15) is 0 Å². The summed E-state index contributed by atoms with van der Waals surface area (Å²) in [5, 5.41) is 3.52. The zero-order valence-electron chi connectivity index (χ0n) is 11.7. The van der Waals surface area contributed by atoms with Gasteiger partial charge in [-0.1, -0.05) is 29.8 Å². The average Bonchev–Trinajstić information content (AvgIpc) is 2.30. The zero-order valence-corrected chi connectivity index (χ0v) is 13.3. The number of rotatable bonds is 6. The van der Waals surface area contributed by atoms with Crippen LogP contribution >= 0.6 is 15.9 Å². The van der Waals surface area contributed by atoms with Gasteiger partial charge in [-0.05, 0) is 30.5 Å². The molecule has 0 aliphatic carbocycles. The summed E-state index contributed by atoms with van der Waals surface area (Å²) < 4.78 is 11.7. The standard InChI is InChI=1S/C14H22BrNO2/c1-9(2)12(8-17-4)16-14-10(3)6-11(15)7-13(14)18-5/h6-7,9,12,16H,8H2,1-5H3. The van der Waals surface area contributed by atoms with Gasteiger partial charge in [0.25, 0.3) is 0 Å². The third kappa shape index (κ3) is 3.89. The summed E-state index contributed by atoms with van der Waals surface area (Å²) in [6.45, 7) is 7.10. The fourth-order valence-electron chi connectivity index (χ4n) is 1.82. The van der Waals surface area contributed by atoms with E-state index in [2.05, 4.69) is 48.1 Å². The Bertz CT molecular complexity index is 394. The highest BCUT2D eigenvalue weighted by molar-refractivity contribution is 9.10. The van der Waals surface area contributed by atoms with Crippen molar-refractivity contribution in [3.8, 4) is 5.75 Å². The summed E-state index contributed by atoms with van der Waals surface area (Å²) in [5.41, 5.74) is 2.19. The molecule has 0 spiro atoms. The van der Waals surface area contributed by atoms with E-state index in [-0.39, 0.29) is 6.04 Å². The molecule has 0 heterocycles. The minimum absolute atomic E-state index is 0.267. The second-order valence-corrected chi connectivity index (χ2v) is 5.67. The smallest absolute Gasteiger partial charge is 0.143 e. The fraction of sp³-hybridized carbons (Fsp3) is 0.571. The number of nitrogens with one attached hydrogen (secondary N) is 1. The Morgan fingerprint density at radius 3 is 2.44 bits per heavy atom. The quantitative estimate of drug-likeness (QED) is 0.865. The van der Waals surface area contributed by atoms with Gasteiger partial charge < -0.3 is 14.8 Å². The number of benzene rings is 1. The minimum Gasteiger partial charge on any atom is -0.495 e. The molecule has 0 fully saturated rings. The lowest BCUT2D eigenvalue weighted by atomic mass is 10.0. The maximum atomic E-state index is 5.43. The minimum atomic E-state index is 0.267. The van der Waals surface area contributed by atoms with Gasteiger partial charge in [-0.25, -0.2) is 0 Å². The van der Waals surface area contributed by atoms with Crippen molar-refractivity contribution in [3.63, 3.8) is 0 Å². The molecule has 3 nitrogen and oxygen atoms in total. The average molecular weight is 316 g/mol. The maximum Gasteiger partial charge on any atom is 0.143 e. The molecule has 0 saturated carbocycles. The number of aryl methyl sites for hydroxylation is 1. The van der Waals surface area contributed by atoms with Crippen LogP contribution in [0.3, 0.4) is 0 Å². The first-order chi connectivity index (χ1) is 8.49. The Morgan fingerprint density at radius 1 is 1.28 bits per heavy atom. The highest BCUT2D eigenvalue weighted by atomic mass is 79.9. The van der Waals surface area contributed by atoms with Crippen molar-refractivity contribution in [1.29, 1.82) is 0 Å². The van der Waals surface area contributed by atoms with Crippen molar-refractivity contribution in [2.24, 2.45) is 5.92 Å². The number of hydrogen-bond donors (Lipinski definition) is 1. The molecule has 0 saturated heterocycles. The van der Waals surface area contributed by atoms with E-state index in [1.54, 1.807) is 14.2 Å². The second-order valence-electron chi connectivity index (χ2n) is 4.75. The molecular weight excluding hydrogens is 294 g/mol. The van der Waals surface area contributed by atoms with E-state index in [9.17, 15) is 0 Å². The Hall–Kier alpha value is -0.740. The Morgan fingerprint density at radius 2 is 1.94 bits per heavy atom. The van der Waals surface area contributed by atoms with Crippen LogP contribution in [0.4, 0.5) is 5.69 Å². The third-order valence-electron chi connectivity index (χ3n) is 2.96. The number of anilines is 1. The second kappa shape index (κ2) is 7.00. The Kier molecular flexibility index (Phi) is 5.96. The summed E-state index contributed by atoms with van der Waals surface area (Å²) in [4.78, 5) is 0. The molecule has 1 atom stereocenters. The van der Waals surface area contributed by atoms with Crippen LogP contribution in [-0.4, -0.2) is 26.9 Å². The van der Waals surface area contributed by atoms with Gasteiger partial charge in [0.15, 0.2) is 0 Å². The number of hydrogen-bond acceptors (Lipinski definition) is 3. The van der Waals surface area contributed by atoms with Crippen molar-refractivity contribution >= 4 is 21.6 Å². The largest absolute Gasteiger partial charge is 0.495 e. The summed E-state index contributed by atoms with van der Waals surface area (Å²) in [6, 6.07) is 4.32. The predicted molar refractivity (Wildman–Crippen MR) is 79.6 cm³/mol. The van der Waals surface area contributed by atoms with E-state index >= 15 is 0 Å². The fourth-order valence-corrected chi connectivity index (χ4v) is 2.38. The summed E-state index contributed by atoms with van der Waals surface area (Å²) in [7, 11) is 3.41. The lowest BCUT2D eigenvalue weighted by Gasteiger charge is -2.25. The van der Waals surface area contributed by atoms with Crippen molar-refractivity contribution in [2.75, 3.05) is 26.1 Å². The van der Waals surface area contributed by atoms with Crippen LogP contribution in [0.15, 0.2) is 16.6 Å². The molecular formula is C14H22BrNO2. The number of halogens is 1. The van der Waals surface area contributed by atoms with Gasteiger partial charge in [-0.3, -0.25) is 0 Å². The summed E-state index contributed by atoms with van der Waals surface area (Å²) in [6.07, 6.45) is 0. The van der Waals surface area contributed by atoms with Gasteiger partial charge >= 0.3 is 0 Å². The van der Waals surface area contributed by atoms with E-state index < -0.39 is 0 Å². The molecule has 0 bridgehead atoms. The zero-order chi connectivity index (χ0) is 13.7. The van der Waals surface area contributed by atoms with Crippen LogP contribution in [0.2, 0.25) is 0 Å². The van der Waals surface area contributed by atoms with Crippen molar-refractivity contribution in [2.45, 2.75) is 26.8 Å². The molecule has 1 rings (SSSR count). The molecule has 1 unspecified atom stereocenters. The van der Waals surface area contributed by atoms with E-state index in [0.717, 1.165) is 21.5 Å². The molecule has 18 heavy (non-hydrogen) atoms. The van der Waals surface area contributed by atoms with Crippen LogP contribution in [-0.2, 0) is 4.74 Å². The van der Waals surface area contributed by atoms with Gasteiger partial charge in [0.1, 0.15) is 5.75 Å². The van der Waals surface area contributed by atoms with E-state index in [1.807, 2.05) is 6.07 Å². The molecule has 1 aromatic rings. The monoisotopic (exact) mass is 315 g/mol. The Balaban J connectivity index is 3.01. The van der Waals surface area contributed by atoms with Gasteiger partial charge in [0.2, 0.25) is 0 Å². The van der Waals surface area contributed by atoms with Crippen LogP contribution < -0.4 is 10.1 Å². The van der Waals surface area contributed by atoms with E-state index in [1.165, 1.54) is 0 Å². The SMILES string of the molecule is COCC(Nc1c(C)cc(Br)cc1OC)C(C)C. The van der Waals surface area contributed by atoms with Crippen molar-refractivity contribution in [1.82, 2.24) is 0 Å². The highest BCUT2D eigenvalue weighted by Crippen LogP contribution is 2.33. The maximum absolute atomic E-state index is 5.43. The number of methoxy groups -OCH3 is 2. The first-order valence-corrected chi connectivity index (χ1v) is 6.88. The molecule has 0 aromatic heterocycles. The molecule has 0 radical (unpaired) electrons. The van der Waals surface area contributed by atoms with Crippen LogP contribution in [0.25, 0.3) is 0 Å². The Labute approximate surface area is 118 Å². The van der Waals surface area contributed by atoms with Gasteiger partial charge in [-0.15, -0.1) is 0 Å². The molecule has 0 amide bonds. The summed E-state index contributed by atoms with van der Waals surface area (Å²) in [5.74, 6) is 1.33. The molecule has 0 aliphatic rings. The molecule has 102 valence electrons. The first kappa shape index (κ1) is 15.3. The van der Waals surface area contributed by atoms with Crippen molar-refractivity contribution < 1.29 is 9.47 Å². The molecule has 4 heteroatoms. The lowest BCUT2D eigenvalue weighted by Crippen LogP contribution is -2.30. The number of ether oxygens (including phenoxy) is 2. The van der Waals surface area contributed by atoms with Crippen LogP contribution in [0.1, 0.15) is 19.4 Å². The third-order valence-corrected chi connectivity index (χ3v) is 3.42. The predicted octanol–water partition coefficient (Wildman–Crippen LogP) is 3.85. The topological polar surface area (TPSA) is 30.5 Å². The normalized spacial score (nSPS) is 12.6.